The molecule has 0 aliphatic carbocycles. The lowest BCUT2D eigenvalue weighted by Gasteiger charge is -2.32. The molecule has 4 rings (SSSR count). The molecule has 2 nitrogen and oxygen atoms in total. The Morgan fingerprint density at radius 2 is 1.09 bits per heavy atom. The molecule has 1 aliphatic heterocycles. The van der Waals surface area contributed by atoms with Crippen LogP contribution in [0.15, 0.2) is 54.6 Å². The van der Waals surface area contributed by atoms with Gasteiger partial charge in [-0.1, -0.05) is 66.1 Å². The van der Waals surface area contributed by atoms with E-state index in [1.54, 1.807) is 0 Å². The third-order valence-corrected chi connectivity index (χ3v) is 6.88. The molecule has 0 amide bonds. The molecule has 0 spiro atoms. The van der Waals surface area contributed by atoms with Crippen molar-refractivity contribution >= 4 is 12.6 Å². The predicted octanol–water partition coefficient (Wildman–Crippen LogP) is 5.25. The van der Waals surface area contributed by atoms with Gasteiger partial charge in [0.25, 0.3) is 0 Å². The molecule has 0 unspecified atom stereocenters. The van der Waals surface area contributed by atoms with Crippen molar-refractivity contribution in [3.8, 4) is 71.6 Å². The molecule has 0 N–H and O–H groups in total. The van der Waals surface area contributed by atoms with Gasteiger partial charge in [0.1, 0.15) is 0 Å². The van der Waals surface area contributed by atoms with E-state index in [0.29, 0.717) is 22.3 Å². The fourth-order valence-corrected chi connectivity index (χ4v) is 4.25. The second-order valence-corrected chi connectivity index (χ2v) is 9.43. The fourth-order valence-electron chi connectivity index (χ4n) is 4.25. The van der Waals surface area contributed by atoms with Gasteiger partial charge in [0.15, 0.2) is 0 Å². The van der Waals surface area contributed by atoms with Gasteiger partial charge in [-0.15, -0.1) is 25.7 Å². The van der Waals surface area contributed by atoms with Crippen molar-refractivity contribution in [3.63, 3.8) is 0 Å². The molecule has 0 atom stereocenters. The van der Waals surface area contributed by atoms with Gasteiger partial charge in [0, 0.05) is 22.3 Å². The van der Waals surface area contributed by atoms with E-state index in [0.717, 1.165) is 27.7 Å². The average Bonchev–Trinajstić information content (AvgIpc) is 3.08. The van der Waals surface area contributed by atoms with Crippen LogP contribution in [0, 0.1) is 49.4 Å². The molecule has 0 saturated carbocycles. The van der Waals surface area contributed by atoms with E-state index in [1.165, 1.54) is 0 Å². The molecule has 35 heavy (non-hydrogen) atoms. The summed E-state index contributed by atoms with van der Waals surface area (Å²) in [6.45, 7) is 8.11. The van der Waals surface area contributed by atoms with Crippen LogP contribution in [0.1, 0.15) is 49.9 Å². The third-order valence-electron chi connectivity index (χ3n) is 6.88. The maximum absolute atomic E-state index is 6.32. The van der Waals surface area contributed by atoms with Crippen LogP contribution >= 0.6 is 0 Å². The Hall–Kier alpha value is -4.12. The second kappa shape index (κ2) is 8.92. The van der Waals surface area contributed by atoms with Gasteiger partial charge in [0.2, 0.25) is 0 Å². The summed E-state index contributed by atoms with van der Waals surface area (Å²) in [5.41, 5.74) is 5.93. The Labute approximate surface area is 209 Å². The molecule has 1 saturated heterocycles. The largest absolute Gasteiger partial charge is 0.494 e. The van der Waals surface area contributed by atoms with E-state index >= 15 is 0 Å². The highest BCUT2D eigenvalue weighted by atomic mass is 16.7. The predicted molar refractivity (Wildman–Crippen MR) is 145 cm³/mol. The molecule has 1 fully saturated rings. The molecule has 3 aromatic carbocycles. The highest BCUT2D eigenvalue weighted by Gasteiger charge is 2.51. The summed E-state index contributed by atoms with van der Waals surface area (Å²) < 4.78 is 12.6. The van der Waals surface area contributed by atoms with Crippen molar-refractivity contribution in [3.05, 3.63) is 76.9 Å². The molecule has 1 aliphatic rings. The lowest BCUT2D eigenvalue weighted by molar-refractivity contribution is 0.00578. The Balaban J connectivity index is 2.01. The van der Waals surface area contributed by atoms with Crippen LogP contribution in [0.3, 0.4) is 0 Å². The van der Waals surface area contributed by atoms with E-state index in [1.807, 2.05) is 82.3 Å². The summed E-state index contributed by atoms with van der Waals surface area (Å²) in [6, 6.07) is 17.4. The summed E-state index contributed by atoms with van der Waals surface area (Å²) in [5, 5.41) is 0. The number of rotatable bonds is 3. The van der Waals surface area contributed by atoms with Crippen molar-refractivity contribution in [1.29, 1.82) is 0 Å². The summed E-state index contributed by atoms with van der Waals surface area (Å²) in [7, 11) is -0.540. The first-order chi connectivity index (χ1) is 16.7. The minimum Gasteiger partial charge on any atom is -0.399 e. The van der Waals surface area contributed by atoms with Gasteiger partial charge < -0.3 is 9.31 Å². The van der Waals surface area contributed by atoms with Crippen LogP contribution in [-0.4, -0.2) is 18.3 Å². The van der Waals surface area contributed by atoms with Crippen LogP contribution in [0.2, 0.25) is 0 Å². The van der Waals surface area contributed by atoms with E-state index in [-0.39, 0.29) is 0 Å². The molecule has 3 aromatic rings. The molecule has 1 heterocycles. The van der Waals surface area contributed by atoms with Gasteiger partial charge in [0.05, 0.1) is 11.2 Å². The van der Waals surface area contributed by atoms with E-state index < -0.39 is 18.3 Å². The van der Waals surface area contributed by atoms with Gasteiger partial charge in [-0.3, -0.25) is 0 Å². The van der Waals surface area contributed by atoms with Crippen molar-refractivity contribution in [1.82, 2.24) is 0 Å². The Morgan fingerprint density at radius 1 is 0.600 bits per heavy atom. The average molecular weight is 452 g/mol. The highest BCUT2D eigenvalue weighted by molar-refractivity contribution is 6.62. The van der Waals surface area contributed by atoms with Crippen LogP contribution < -0.4 is 5.46 Å². The van der Waals surface area contributed by atoms with E-state index in [4.69, 9.17) is 35.0 Å². The van der Waals surface area contributed by atoms with Gasteiger partial charge in [-0.2, -0.15) is 0 Å². The topological polar surface area (TPSA) is 18.5 Å². The van der Waals surface area contributed by atoms with Crippen LogP contribution in [-0.2, 0) is 9.31 Å². The number of hydrogen-bond donors (Lipinski definition) is 0. The van der Waals surface area contributed by atoms with E-state index in [9.17, 15) is 0 Å². The Bertz CT molecular complexity index is 1480. The second-order valence-electron chi connectivity index (χ2n) is 9.43. The maximum Gasteiger partial charge on any atom is 0.494 e. The van der Waals surface area contributed by atoms with E-state index in [2.05, 4.69) is 23.7 Å². The smallest absolute Gasteiger partial charge is 0.399 e. The first kappa shape index (κ1) is 24.0. The van der Waals surface area contributed by atoms with Crippen LogP contribution in [0.4, 0.5) is 0 Å². The number of hydrogen-bond acceptors (Lipinski definition) is 2. The standard InChI is InChI=1S/C32H25BO2/c1-9-22-15-13-17-27(25(22)11-3)29-20-19-24(33-34-31(5,6)32(7,8)35-33)21-30(29)28-18-14-16-23(10-2)26(28)12-4/h1-4,13-21H,5-8H3. The third kappa shape index (κ3) is 4.04. The SMILES string of the molecule is C#Cc1cccc(-c2ccc(B3OC(C)(C)C(C)(C)O3)cc2-c2cccc(C#C)c2C#C)c1C#C. The van der Waals surface area contributed by atoms with Crippen molar-refractivity contribution in [2.75, 3.05) is 0 Å². The maximum atomic E-state index is 6.32. The highest BCUT2D eigenvalue weighted by Crippen LogP contribution is 2.39. The monoisotopic (exact) mass is 452 g/mol. The zero-order valence-corrected chi connectivity index (χ0v) is 20.4. The van der Waals surface area contributed by atoms with Crippen molar-refractivity contribution < 1.29 is 9.31 Å². The summed E-state index contributed by atoms with van der Waals surface area (Å²) in [6.07, 6.45) is 23.3. The fraction of sp³-hybridized carbons (Fsp3) is 0.188. The summed E-state index contributed by atoms with van der Waals surface area (Å²) in [4.78, 5) is 0. The Kier molecular flexibility index (Phi) is 6.12. The van der Waals surface area contributed by atoms with Gasteiger partial charge >= 0.3 is 7.12 Å². The van der Waals surface area contributed by atoms with Crippen molar-refractivity contribution in [2.45, 2.75) is 38.9 Å². The van der Waals surface area contributed by atoms with Gasteiger partial charge in [-0.25, -0.2) is 0 Å². The molecule has 0 radical (unpaired) electrons. The van der Waals surface area contributed by atoms with Crippen LogP contribution in [0.5, 0.6) is 0 Å². The quantitative estimate of drug-likeness (QED) is 0.400. The molecular weight excluding hydrogens is 427 g/mol. The lowest BCUT2D eigenvalue weighted by Crippen LogP contribution is -2.41. The summed E-state index contributed by atoms with van der Waals surface area (Å²) in [5.74, 6) is 10.9. The zero-order valence-electron chi connectivity index (χ0n) is 20.4. The molecular formula is C32H25BO2. The minimum atomic E-state index is -0.540. The first-order valence-electron chi connectivity index (χ1n) is 11.3. The number of terminal acetylenes is 4. The minimum absolute atomic E-state index is 0.471. The number of benzene rings is 3. The van der Waals surface area contributed by atoms with Crippen molar-refractivity contribution in [2.24, 2.45) is 0 Å². The van der Waals surface area contributed by atoms with Gasteiger partial charge in [-0.05, 0) is 67.5 Å². The molecule has 0 aromatic heterocycles. The molecule has 3 heteroatoms. The molecule has 168 valence electrons. The first-order valence-corrected chi connectivity index (χ1v) is 11.3. The summed E-state index contributed by atoms with van der Waals surface area (Å²) >= 11 is 0. The molecule has 0 bridgehead atoms. The normalized spacial score (nSPS) is 15.5. The van der Waals surface area contributed by atoms with Crippen LogP contribution in [0.25, 0.3) is 22.3 Å². The Morgan fingerprint density at radius 3 is 1.54 bits per heavy atom. The zero-order chi connectivity index (χ0) is 25.4. The lowest BCUT2D eigenvalue weighted by atomic mass is 9.75.